The number of carbonyl (C=O) groups is 2. The molecule has 0 radical (unpaired) electrons. The number of carboxylic acid groups (broad SMARTS) is 1. The molecular formula is C20H27N5O4. The van der Waals surface area contributed by atoms with Gasteiger partial charge in [-0.1, -0.05) is 0 Å². The predicted molar refractivity (Wildman–Crippen MR) is 107 cm³/mol. The SMILES string of the molecule is O=C(O)NCCCCC(=O)c1cc(N2CC(CN3CCCC3)C2)c2nonc2c1. The summed E-state index contributed by atoms with van der Waals surface area (Å²) in [5, 5.41) is 18.9. The molecule has 9 nitrogen and oxygen atoms in total. The van der Waals surface area contributed by atoms with E-state index >= 15 is 0 Å². The van der Waals surface area contributed by atoms with Crippen LogP contribution in [0.25, 0.3) is 11.0 Å². The molecule has 0 spiro atoms. The monoisotopic (exact) mass is 401 g/mol. The average Bonchev–Trinajstić information content (AvgIpc) is 3.34. The van der Waals surface area contributed by atoms with E-state index in [1.807, 2.05) is 6.07 Å². The van der Waals surface area contributed by atoms with E-state index in [0.717, 1.165) is 25.3 Å². The quantitative estimate of drug-likeness (QED) is 0.487. The third-order valence-electron chi connectivity index (χ3n) is 5.78. The summed E-state index contributed by atoms with van der Waals surface area (Å²) in [6.45, 7) is 5.82. The lowest BCUT2D eigenvalue weighted by atomic mass is 9.96. The second kappa shape index (κ2) is 8.77. The number of likely N-dealkylation sites (tertiary alicyclic amines) is 1. The fourth-order valence-electron chi connectivity index (χ4n) is 4.24. The van der Waals surface area contributed by atoms with Gasteiger partial charge in [0.1, 0.15) is 5.52 Å². The van der Waals surface area contributed by atoms with E-state index < -0.39 is 6.09 Å². The van der Waals surface area contributed by atoms with Crippen LogP contribution in [0.4, 0.5) is 10.5 Å². The van der Waals surface area contributed by atoms with Crippen molar-refractivity contribution >= 4 is 28.6 Å². The lowest BCUT2D eigenvalue weighted by Gasteiger charge is -2.42. The topological polar surface area (TPSA) is 112 Å². The van der Waals surface area contributed by atoms with Gasteiger partial charge in [-0.2, -0.15) is 0 Å². The highest BCUT2D eigenvalue weighted by Crippen LogP contribution is 2.32. The molecule has 2 N–H and O–H groups in total. The van der Waals surface area contributed by atoms with E-state index in [2.05, 4.69) is 25.4 Å². The zero-order chi connectivity index (χ0) is 20.2. The number of Topliss-reactive ketones (excluding diaryl/α,β-unsaturated/α-hetero) is 1. The summed E-state index contributed by atoms with van der Waals surface area (Å²) in [6, 6.07) is 3.63. The maximum absolute atomic E-state index is 12.6. The van der Waals surface area contributed by atoms with Gasteiger partial charge < -0.3 is 20.2 Å². The number of hydrogen-bond donors (Lipinski definition) is 2. The molecule has 29 heavy (non-hydrogen) atoms. The Morgan fingerprint density at radius 3 is 2.72 bits per heavy atom. The van der Waals surface area contributed by atoms with Crippen LogP contribution in [0.1, 0.15) is 42.5 Å². The van der Waals surface area contributed by atoms with Crippen LogP contribution in [-0.4, -0.2) is 71.5 Å². The molecular weight excluding hydrogens is 374 g/mol. The maximum atomic E-state index is 12.6. The first kappa shape index (κ1) is 19.6. The van der Waals surface area contributed by atoms with E-state index in [1.165, 1.54) is 25.9 Å². The molecule has 2 aliphatic heterocycles. The normalized spacial score (nSPS) is 17.6. The van der Waals surface area contributed by atoms with E-state index in [-0.39, 0.29) is 5.78 Å². The van der Waals surface area contributed by atoms with Crippen LogP contribution < -0.4 is 10.2 Å². The molecule has 1 aromatic heterocycles. The number of nitrogens with zero attached hydrogens (tertiary/aromatic N) is 4. The molecule has 0 aliphatic carbocycles. The van der Waals surface area contributed by atoms with Gasteiger partial charge in [-0.25, -0.2) is 9.42 Å². The van der Waals surface area contributed by atoms with Crippen LogP contribution in [0.5, 0.6) is 0 Å². The lowest BCUT2D eigenvalue weighted by molar-refractivity contribution is 0.0979. The van der Waals surface area contributed by atoms with Gasteiger partial charge in [0.2, 0.25) is 0 Å². The van der Waals surface area contributed by atoms with Gasteiger partial charge >= 0.3 is 6.09 Å². The first-order valence-electron chi connectivity index (χ1n) is 10.3. The number of benzene rings is 1. The molecule has 0 saturated carbocycles. The minimum Gasteiger partial charge on any atom is -0.465 e. The highest BCUT2D eigenvalue weighted by Gasteiger charge is 2.31. The van der Waals surface area contributed by atoms with Crippen molar-refractivity contribution < 1.29 is 19.3 Å². The summed E-state index contributed by atoms with van der Waals surface area (Å²) in [5.41, 5.74) is 2.82. The lowest BCUT2D eigenvalue weighted by Crippen LogP contribution is -2.51. The molecule has 0 bridgehead atoms. The smallest absolute Gasteiger partial charge is 0.404 e. The molecule has 4 rings (SSSR count). The van der Waals surface area contributed by atoms with E-state index in [9.17, 15) is 9.59 Å². The number of rotatable bonds is 9. The van der Waals surface area contributed by atoms with Crippen LogP contribution in [0.3, 0.4) is 0 Å². The number of nitrogens with one attached hydrogen (secondary N) is 1. The number of hydrogen-bond acceptors (Lipinski definition) is 7. The molecule has 1 aromatic carbocycles. The molecule has 0 unspecified atom stereocenters. The minimum absolute atomic E-state index is 0.0283. The summed E-state index contributed by atoms with van der Waals surface area (Å²) in [7, 11) is 0. The highest BCUT2D eigenvalue weighted by atomic mass is 16.6. The third kappa shape index (κ3) is 4.67. The number of aromatic nitrogens is 2. The summed E-state index contributed by atoms with van der Waals surface area (Å²) >= 11 is 0. The second-order valence-electron chi connectivity index (χ2n) is 8.02. The van der Waals surface area contributed by atoms with Crippen molar-refractivity contribution in [2.45, 2.75) is 32.1 Å². The predicted octanol–water partition coefficient (Wildman–Crippen LogP) is 2.38. The third-order valence-corrected chi connectivity index (χ3v) is 5.78. The highest BCUT2D eigenvalue weighted by molar-refractivity contribution is 6.02. The summed E-state index contributed by atoms with van der Waals surface area (Å²) in [6.07, 6.45) is 3.20. The van der Waals surface area contributed by atoms with Crippen molar-refractivity contribution in [3.63, 3.8) is 0 Å². The van der Waals surface area contributed by atoms with Gasteiger partial charge in [-0.3, -0.25) is 4.79 Å². The van der Waals surface area contributed by atoms with Crippen LogP contribution in [-0.2, 0) is 0 Å². The number of ketones is 1. The summed E-state index contributed by atoms with van der Waals surface area (Å²) < 4.78 is 4.92. The Labute approximate surface area is 169 Å². The van der Waals surface area contributed by atoms with Crippen molar-refractivity contribution in [3.05, 3.63) is 17.7 Å². The Morgan fingerprint density at radius 2 is 1.97 bits per heavy atom. The van der Waals surface area contributed by atoms with Crippen molar-refractivity contribution in [1.29, 1.82) is 0 Å². The van der Waals surface area contributed by atoms with Gasteiger partial charge in [-0.05, 0) is 61.2 Å². The molecule has 2 aromatic rings. The maximum Gasteiger partial charge on any atom is 0.404 e. The van der Waals surface area contributed by atoms with Gasteiger partial charge in [0.05, 0.1) is 5.69 Å². The van der Waals surface area contributed by atoms with E-state index in [4.69, 9.17) is 9.74 Å². The van der Waals surface area contributed by atoms with Gasteiger partial charge in [0, 0.05) is 44.1 Å². The van der Waals surface area contributed by atoms with Crippen LogP contribution >= 0.6 is 0 Å². The molecule has 1 amide bonds. The van der Waals surface area contributed by atoms with Crippen molar-refractivity contribution in [2.75, 3.05) is 44.2 Å². The average molecular weight is 401 g/mol. The Kier molecular flexibility index (Phi) is 5.94. The molecule has 0 atom stereocenters. The van der Waals surface area contributed by atoms with Crippen molar-refractivity contribution in [2.24, 2.45) is 5.92 Å². The first-order chi connectivity index (χ1) is 14.1. The van der Waals surface area contributed by atoms with Crippen molar-refractivity contribution in [3.8, 4) is 0 Å². The fraction of sp³-hybridized carbons (Fsp3) is 0.600. The zero-order valence-corrected chi connectivity index (χ0v) is 16.5. The molecule has 9 heteroatoms. The Morgan fingerprint density at radius 1 is 1.17 bits per heavy atom. The summed E-state index contributed by atoms with van der Waals surface area (Å²) in [4.78, 5) is 27.9. The molecule has 2 aliphatic rings. The van der Waals surface area contributed by atoms with Gasteiger partial charge in [0.15, 0.2) is 11.3 Å². The minimum atomic E-state index is -1.04. The number of anilines is 1. The fourth-order valence-corrected chi connectivity index (χ4v) is 4.24. The first-order valence-corrected chi connectivity index (χ1v) is 10.3. The van der Waals surface area contributed by atoms with Crippen LogP contribution in [0.2, 0.25) is 0 Å². The van der Waals surface area contributed by atoms with E-state index in [0.29, 0.717) is 48.3 Å². The standard InChI is InChI=1S/C20H27N5O4/c26-18(5-1-2-6-21-20(27)28)15-9-16-19(23-29-22-16)17(10-15)25-12-14(13-25)11-24-7-3-4-8-24/h9-10,14,21H,1-8,11-13H2,(H,27,28). The zero-order valence-electron chi connectivity index (χ0n) is 16.5. The number of amides is 1. The van der Waals surface area contributed by atoms with Crippen LogP contribution in [0, 0.1) is 5.92 Å². The molecule has 156 valence electrons. The van der Waals surface area contributed by atoms with E-state index in [1.54, 1.807) is 6.07 Å². The number of fused-ring (bicyclic) bond motifs is 1. The largest absolute Gasteiger partial charge is 0.465 e. The molecule has 2 saturated heterocycles. The Balaban J connectivity index is 1.37. The van der Waals surface area contributed by atoms with Gasteiger partial charge in [0.25, 0.3) is 0 Å². The molecule has 2 fully saturated rings. The van der Waals surface area contributed by atoms with Crippen LogP contribution in [0.15, 0.2) is 16.8 Å². The Hall–Kier alpha value is -2.68. The van der Waals surface area contributed by atoms with Crippen molar-refractivity contribution in [1.82, 2.24) is 20.5 Å². The Bertz CT molecular complexity index is 871. The molecule has 3 heterocycles. The summed E-state index contributed by atoms with van der Waals surface area (Å²) in [5.74, 6) is 0.671. The number of carbonyl (C=O) groups excluding carboxylic acids is 1. The van der Waals surface area contributed by atoms with Gasteiger partial charge in [-0.15, -0.1) is 0 Å². The number of unbranched alkanes of at least 4 members (excludes halogenated alkanes) is 1. The second-order valence-corrected chi connectivity index (χ2v) is 8.02.